The van der Waals surface area contributed by atoms with Gasteiger partial charge in [0.25, 0.3) is 0 Å². The number of hydrogen-bond acceptors (Lipinski definition) is 5. The number of ether oxygens (including phenoxy) is 1. The maximum absolute atomic E-state index is 15.2. The van der Waals surface area contributed by atoms with E-state index in [-0.39, 0.29) is 48.0 Å². The van der Waals surface area contributed by atoms with Gasteiger partial charge in [-0.05, 0) is 18.9 Å². The van der Waals surface area contributed by atoms with Crippen LogP contribution in [0.2, 0.25) is 0 Å². The van der Waals surface area contributed by atoms with Crippen molar-refractivity contribution in [2.24, 2.45) is 5.92 Å². The van der Waals surface area contributed by atoms with Gasteiger partial charge in [0, 0.05) is 37.8 Å². The minimum absolute atomic E-state index is 0.0248. The molecule has 0 radical (unpaired) electrons. The number of pyridine rings is 1. The molecule has 166 valence electrons. The molecule has 1 saturated carbocycles. The molecule has 31 heavy (non-hydrogen) atoms. The molecule has 10 heteroatoms. The Morgan fingerprint density at radius 2 is 2.10 bits per heavy atom. The van der Waals surface area contributed by atoms with E-state index in [1.807, 2.05) is 0 Å². The Morgan fingerprint density at radius 1 is 1.32 bits per heavy atom. The Hall–Kier alpha value is -2.75. The first-order valence-corrected chi connectivity index (χ1v) is 10.3. The van der Waals surface area contributed by atoms with Crippen molar-refractivity contribution in [3.63, 3.8) is 0 Å². The second-order valence-corrected chi connectivity index (χ2v) is 8.50. The molecule has 5 rings (SSSR count). The highest BCUT2D eigenvalue weighted by Gasteiger charge is 2.38. The summed E-state index contributed by atoms with van der Waals surface area (Å²) in [5, 5.41) is 12.5. The minimum Gasteiger partial charge on any atom is -0.487 e. The summed E-state index contributed by atoms with van der Waals surface area (Å²) in [6, 6.07) is 0.528. The van der Waals surface area contributed by atoms with Gasteiger partial charge in [0.1, 0.15) is 30.7 Å². The van der Waals surface area contributed by atoms with E-state index in [0.717, 1.165) is 25.1 Å². The van der Waals surface area contributed by atoms with Crippen molar-refractivity contribution in [1.82, 2.24) is 9.88 Å². The van der Waals surface area contributed by atoms with Gasteiger partial charge < -0.3 is 24.6 Å². The van der Waals surface area contributed by atoms with Gasteiger partial charge in [0.05, 0.1) is 16.9 Å². The molecule has 2 aliphatic heterocycles. The molecule has 1 aliphatic carbocycles. The summed E-state index contributed by atoms with van der Waals surface area (Å²) < 4.78 is 50.5. The monoisotopic (exact) mass is 437 g/mol. The van der Waals surface area contributed by atoms with E-state index >= 15 is 4.39 Å². The highest BCUT2D eigenvalue weighted by Crippen LogP contribution is 2.43. The molecule has 0 unspecified atom stereocenters. The number of nitrogens with zero attached hydrogens (tertiary/aromatic N) is 2. The molecular formula is C21H22F3N3O4. The Balaban J connectivity index is 1.61. The number of hydrogen-bond donors (Lipinski definition) is 2. The Morgan fingerprint density at radius 3 is 2.77 bits per heavy atom. The molecule has 0 amide bonds. The van der Waals surface area contributed by atoms with Crippen molar-refractivity contribution in [2.45, 2.75) is 31.1 Å². The number of carboxylic acids is 1. The maximum Gasteiger partial charge on any atom is 0.341 e. The Labute approximate surface area is 175 Å². The van der Waals surface area contributed by atoms with Crippen LogP contribution in [0.25, 0.3) is 10.9 Å². The number of aromatic carboxylic acids is 1. The zero-order valence-electron chi connectivity index (χ0n) is 16.6. The number of aromatic nitrogens is 1. The summed E-state index contributed by atoms with van der Waals surface area (Å²) in [5.41, 5.74) is -1.28. The highest BCUT2D eigenvalue weighted by molar-refractivity contribution is 5.97. The zero-order valence-corrected chi connectivity index (χ0v) is 16.6. The highest BCUT2D eigenvalue weighted by atomic mass is 19.1. The third kappa shape index (κ3) is 3.33. The Kier molecular flexibility index (Phi) is 4.84. The molecular weight excluding hydrogens is 415 g/mol. The molecule has 2 aromatic rings. The smallest absolute Gasteiger partial charge is 0.341 e. The lowest BCUT2D eigenvalue weighted by molar-refractivity contribution is 0.0694. The third-order valence-electron chi connectivity index (χ3n) is 6.34. The van der Waals surface area contributed by atoms with E-state index < -0.39 is 41.7 Å². The van der Waals surface area contributed by atoms with Gasteiger partial charge in [-0.15, -0.1) is 0 Å². The lowest BCUT2D eigenvalue weighted by Crippen LogP contribution is -2.32. The fourth-order valence-electron chi connectivity index (χ4n) is 4.51. The van der Waals surface area contributed by atoms with Gasteiger partial charge in [0.2, 0.25) is 5.43 Å². The number of rotatable bonds is 6. The fraction of sp³-hybridized carbons (Fsp3) is 0.524. The summed E-state index contributed by atoms with van der Waals surface area (Å²) in [5.74, 6) is -2.56. The molecule has 3 aliphatic rings. The minimum atomic E-state index is -1.48. The van der Waals surface area contributed by atoms with Crippen molar-refractivity contribution < 1.29 is 27.8 Å². The second kappa shape index (κ2) is 7.44. The molecule has 0 spiro atoms. The van der Waals surface area contributed by atoms with E-state index in [0.29, 0.717) is 12.6 Å². The molecule has 1 aromatic carbocycles. The zero-order chi connectivity index (χ0) is 21.9. The fourth-order valence-corrected chi connectivity index (χ4v) is 4.51. The number of halogens is 3. The molecule has 1 saturated heterocycles. The lowest BCUT2D eigenvalue weighted by Gasteiger charge is -2.31. The van der Waals surface area contributed by atoms with Crippen LogP contribution in [-0.4, -0.2) is 60.8 Å². The van der Waals surface area contributed by atoms with Crippen molar-refractivity contribution in [1.29, 1.82) is 0 Å². The first-order valence-electron chi connectivity index (χ1n) is 10.3. The average Bonchev–Trinajstić information content (AvgIpc) is 3.50. The summed E-state index contributed by atoms with van der Waals surface area (Å²) in [6.45, 7) is -0.279. The molecule has 2 N–H and O–H groups in total. The van der Waals surface area contributed by atoms with E-state index in [1.54, 1.807) is 4.90 Å². The van der Waals surface area contributed by atoms with Crippen LogP contribution in [0.15, 0.2) is 17.1 Å². The van der Waals surface area contributed by atoms with Gasteiger partial charge >= 0.3 is 5.97 Å². The number of anilines is 1. The number of alkyl halides is 2. The third-order valence-corrected chi connectivity index (χ3v) is 6.34. The number of carboxylic acid groups (broad SMARTS) is 1. The van der Waals surface area contributed by atoms with Crippen LogP contribution < -0.4 is 20.4 Å². The standard InChI is InChI=1S/C21H22F3N3O4/c22-4-12-9-31-20-17-13(19(28)14(21(29)30)7-27(12)17)3-15(23)18(20)26-6-10(16(24)8-26)5-25-11-1-2-11/h3,7,10-12,16,25H,1-2,4-6,8-9H2,(H,29,30)/t10-,12-,16+/m0/s1. The lowest BCUT2D eigenvalue weighted by atomic mass is 10.1. The van der Waals surface area contributed by atoms with E-state index in [9.17, 15) is 23.5 Å². The van der Waals surface area contributed by atoms with Crippen LogP contribution in [-0.2, 0) is 0 Å². The van der Waals surface area contributed by atoms with Crippen molar-refractivity contribution in [2.75, 3.05) is 37.8 Å². The summed E-state index contributed by atoms with van der Waals surface area (Å²) in [7, 11) is 0. The summed E-state index contributed by atoms with van der Waals surface area (Å²) in [4.78, 5) is 25.7. The van der Waals surface area contributed by atoms with Gasteiger partial charge in [-0.3, -0.25) is 4.79 Å². The Bertz CT molecular complexity index is 1120. The summed E-state index contributed by atoms with van der Waals surface area (Å²) in [6.07, 6.45) is 2.08. The molecule has 2 fully saturated rings. The van der Waals surface area contributed by atoms with E-state index in [1.165, 1.54) is 4.57 Å². The van der Waals surface area contributed by atoms with E-state index in [2.05, 4.69) is 5.32 Å². The van der Waals surface area contributed by atoms with Crippen LogP contribution in [0.5, 0.6) is 5.75 Å². The molecule has 3 atom stereocenters. The number of nitrogens with one attached hydrogen (secondary N) is 1. The average molecular weight is 437 g/mol. The van der Waals surface area contributed by atoms with Gasteiger partial charge in [-0.1, -0.05) is 0 Å². The molecule has 7 nitrogen and oxygen atoms in total. The van der Waals surface area contributed by atoms with Crippen LogP contribution in [0, 0.1) is 11.7 Å². The van der Waals surface area contributed by atoms with Crippen LogP contribution in [0.3, 0.4) is 0 Å². The maximum atomic E-state index is 15.2. The molecule has 3 heterocycles. The van der Waals surface area contributed by atoms with Gasteiger partial charge in [-0.2, -0.15) is 0 Å². The van der Waals surface area contributed by atoms with Gasteiger partial charge in [-0.25, -0.2) is 18.0 Å². The molecule has 0 bridgehead atoms. The predicted molar refractivity (Wildman–Crippen MR) is 107 cm³/mol. The normalized spacial score (nSPS) is 25.1. The van der Waals surface area contributed by atoms with Gasteiger partial charge in [0.15, 0.2) is 11.6 Å². The van der Waals surface area contributed by atoms with Crippen molar-refractivity contribution >= 4 is 22.6 Å². The predicted octanol–water partition coefficient (Wildman–Crippen LogP) is 2.27. The van der Waals surface area contributed by atoms with Crippen LogP contribution >= 0.6 is 0 Å². The van der Waals surface area contributed by atoms with Crippen molar-refractivity contribution in [3.8, 4) is 5.75 Å². The largest absolute Gasteiger partial charge is 0.487 e. The SMILES string of the molecule is O=C(O)c1cn2c3c(c(N4C[C@H](CNC5CC5)[C@H](F)C4)c(F)cc3c1=O)OC[C@@H]2CF. The molecule has 1 aromatic heterocycles. The number of carbonyl (C=O) groups is 1. The second-order valence-electron chi connectivity index (χ2n) is 8.50. The van der Waals surface area contributed by atoms with Crippen LogP contribution in [0.4, 0.5) is 18.9 Å². The van der Waals surface area contributed by atoms with Crippen LogP contribution in [0.1, 0.15) is 29.2 Å². The first-order chi connectivity index (χ1) is 14.9. The number of benzene rings is 1. The van der Waals surface area contributed by atoms with E-state index in [4.69, 9.17) is 4.74 Å². The summed E-state index contributed by atoms with van der Waals surface area (Å²) >= 11 is 0. The van der Waals surface area contributed by atoms with Crippen molar-refractivity contribution in [3.05, 3.63) is 33.9 Å². The first kappa shape index (κ1) is 20.2. The topological polar surface area (TPSA) is 83.8 Å². The quantitative estimate of drug-likeness (QED) is 0.722.